The first-order valence-electron chi connectivity index (χ1n) is 53.1. The number of carbonyl (C=O) groups excluding carboxylic acids is 18. The van der Waals surface area contributed by atoms with Crippen LogP contribution in [0.15, 0.2) is 24.8 Å². The van der Waals surface area contributed by atoms with E-state index in [2.05, 4.69) is 92.2 Å². The van der Waals surface area contributed by atoms with Gasteiger partial charge in [-0.2, -0.15) is 0 Å². The lowest BCUT2D eigenvalue weighted by molar-refractivity contribution is -0.139. The Morgan fingerprint density at radius 2 is 0.589 bits per heavy atom. The van der Waals surface area contributed by atoms with Gasteiger partial charge in [0.05, 0.1) is 69.0 Å². The van der Waals surface area contributed by atoms with Gasteiger partial charge in [0.1, 0.15) is 34.7 Å². The van der Waals surface area contributed by atoms with Crippen molar-refractivity contribution in [3.63, 3.8) is 0 Å². The maximum atomic E-state index is 12.9. The molecule has 27 nitrogen and oxygen atoms in total. The zero-order valence-electron chi connectivity index (χ0n) is 95.7. The Balaban J connectivity index is -0.000000845. The van der Waals surface area contributed by atoms with Crippen LogP contribution in [0.1, 0.15) is 382 Å². The molecule has 0 aliphatic heterocycles. The van der Waals surface area contributed by atoms with Gasteiger partial charge in [-0.3, -0.25) is 96.1 Å². The molecule has 0 heterocycles. The molecule has 1 aromatic carbocycles. The van der Waals surface area contributed by atoms with E-state index >= 15 is 0 Å². The average molecular weight is 1990 g/mol. The van der Waals surface area contributed by atoms with Crippen LogP contribution in [0.2, 0.25) is 0 Å². The number of rotatable bonds is 68. The molecule has 0 aliphatic rings. The van der Waals surface area contributed by atoms with Crippen LogP contribution in [-0.2, 0) is 87.9 Å². The molecule has 810 valence electrons. The maximum absolute atomic E-state index is 12.9. The van der Waals surface area contributed by atoms with Gasteiger partial charge in [-0.1, -0.05) is 296 Å². The van der Waals surface area contributed by atoms with Gasteiger partial charge in [-0.15, -0.1) is 0 Å². The molecule has 0 aliphatic carbocycles. The van der Waals surface area contributed by atoms with Crippen LogP contribution in [0.25, 0.3) is 5.57 Å². The van der Waals surface area contributed by atoms with Crippen molar-refractivity contribution in [3.05, 3.63) is 41.5 Å². The Hall–Kier alpha value is -7.98. The first-order valence-corrected chi connectivity index (χ1v) is 53.1. The number of nitrogens with zero attached hydrogens (tertiary/aromatic N) is 3. The minimum atomic E-state index is -0.859. The van der Waals surface area contributed by atoms with Crippen LogP contribution in [0, 0.1) is 101 Å². The van der Waals surface area contributed by atoms with E-state index in [1.807, 2.05) is 177 Å². The largest absolute Gasteiger partial charge is 0.346 e. The summed E-state index contributed by atoms with van der Waals surface area (Å²) < 4.78 is 0. The second kappa shape index (κ2) is 73.1. The minimum absolute atomic E-state index is 0.00654. The average Bonchev–Trinajstić information content (AvgIpc) is 0.824. The smallest absolute Gasteiger partial charge is 0.225 e. The Morgan fingerprint density at radius 1 is 0.284 bits per heavy atom. The summed E-state index contributed by atoms with van der Waals surface area (Å²) in [5, 5.41) is 18.1. The molecule has 0 saturated heterocycles. The molecule has 0 spiro atoms. The Morgan fingerprint density at radius 3 is 0.879 bits per heavy atom. The second-order valence-corrected chi connectivity index (χ2v) is 44.9. The van der Waals surface area contributed by atoms with Crippen LogP contribution in [0.4, 0.5) is 0 Å². The highest BCUT2D eigenvalue weighted by Crippen LogP contribution is 2.27. The summed E-state index contributed by atoms with van der Waals surface area (Å²) in [5.41, 5.74) is 4.29. The van der Waals surface area contributed by atoms with Crippen LogP contribution in [-0.4, -0.2) is 226 Å². The first kappa shape index (κ1) is 139. The molecule has 141 heavy (non-hydrogen) atoms. The Bertz CT molecular complexity index is 3960. The van der Waals surface area contributed by atoms with E-state index < -0.39 is 30.1 Å². The van der Waals surface area contributed by atoms with E-state index in [0.29, 0.717) is 56.7 Å². The van der Waals surface area contributed by atoms with E-state index in [9.17, 15) is 86.3 Å². The lowest BCUT2D eigenvalue weighted by Gasteiger charge is -2.32. The monoisotopic (exact) mass is 1980 g/mol. The van der Waals surface area contributed by atoms with Crippen molar-refractivity contribution in [2.75, 3.05) is 52.4 Å². The number of hydrogen-bond donors (Lipinski definition) is 6. The standard InChI is InChI=1S/C30H53N3O6.C22H40N2O4.C22H42N2O3.C21H38N2O4.C19H28O/c1-17(2)25(34)14-11-23(29(38)19(5)6)32-27(36)16-13-24(30(39)20(7)8)33-26(35)15-12-22(31-21(9)10)28(37)18(3)4;1-13(2)19(25)11-9-18(22(28)15(5)6)24-20(26)12-10-17(23-16(7)8)21(27)14(3)4;1-15(2)20(25)13-24(14-21(26)16(3)4)19(22(27)17(5)6)11-9-10-12-23-18(7)8;1-14(2)18(24)11-22(12-19(25)15(3)4)9-10-23(21(27)17(7)8)13-20(26)16(5)6;1-12(2)8-16-9-17(15(7)13(3)4)11-18(10-16)19(20)14(5)6/h17-24,31H,11-16H2,1-10H3,(H,32,36)(H,33,35);13-18,23H,9-12H2,1-8H3,(H,24,26);15-19,23H,9-14H2,1-8H3;14-17H,9-13H2,1-8H3;9-14H,7-8H2,1-6H3. The lowest BCUT2D eigenvalue weighted by atomic mass is 9.89. The third-order valence-corrected chi connectivity index (χ3v) is 24.1. The fourth-order valence-electron chi connectivity index (χ4n) is 14.4. The van der Waals surface area contributed by atoms with Crippen LogP contribution >= 0.6 is 0 Å². The number of nitrogens with one attached hydrogen (secondary N) is 6. The van der Waals surface area contributed by atoms with Gasteiger partial charge in [-0.05, 0) is 98.6 Å². The van der Waals surface area contributed by atoms with Gasteiger partial charge in [0, 0.05) is 158 Å². The quantitative estimate of drug-likeness (QED) is 0.0260. The van der Waals surface area contributed by atoms with Gasteiger partial charge in [0.15, 0.2) is 46.3 Å². The number of carbonyl (C=O) groups is 18. The highest BCUT2D eigenvalue weighted by molar-refractivity contribution is 5.99. The summed E-state index contributed by atoms with van der Waals surface area (Å²) in [5.74, 6) is -2.00. The molecule has 6 unspecified atom stereocenters. The molecule has 0 fully saturated rings. The van der Waals surface area contributed by atoms with Gasteiger partial charge in [0.2, 0.25) is 23.6 Å². The van der Waals surface area contributed by atoms with Gasteiger partial charge in [0.25, 0.3) is 0 Å². The summed E-state index contributed by atoms with van der Waals surface area (Å²) >= 11 is 0. The van der Waals surface area contributed by atoms with Gasteiger partial charge in [-0.25, -0.2) is 0 Å². The van der Waals surface area contributed by atoms with Crippen LogP contribution in [0.5, 0.6) is 0 Å². The zero-order valence-corrected chi connectivity index (χ0v) is 95.7. The first-order chi connectivity index (χ1) is 64.9. The van der Waals surface area contributed by atoms with E-state index in [-0.39, 0.29) is 289 Å². The van der Waals surface area contributed by atoms with Crippen molar-refractivity contribution < 1.29 is 86.3 Å². The van der Waals surface area contributed by atoms with Crippen molar-refractivity contribution in [1.29, 1.82) is 0 Å². The molecule has 0 radical (unpaired) electrons. The van der Waals surface area contributed by atoms with E-state index in [1.165, 1.54) is 5.56 Å². The van der Waals surface area contributed by atoms with Crippen molar-refractivity contribution >= 4 is 110 Å². The number of Topliss-reactive ketones (excluding diaryl/α,β-unsaturated/α-hetero) is 14. The van der Waals surface area contributed by atoms with Gasteiger partial charge >= 0.3 is 0 Å². The lowest BCUT2D eigenvalue weighted by Crippen LogP contribution is -2.49. The SMILES string of the molecule is C=C(c1cc(CC(C)C)cc(C(=O)C(C)C)c1)C(C)C.CC(C)C(=O)CN(CCN(CC(=O)C(C)C)C(=O)C(C)C)CC(=O)C(C)C.CC(C)NC(CCC(=O)NC(CCC(=O)C(C)C)C(=O)C(C)C)C(=O)C(C)C.CC(C)NC(CCC(=O)NC(CCC(=O)NC(CCC(=O)C(C)C)C(=O)C(C)C)C(=O)C(C)C)C(=O)C(C)C.CC(C)NCCCCC(C(=O)C(C)C)N(CC(=O)C(C)C)CC(=O)C(C)C. The molecule has 1 rings (SSSR count). The molecule has 6 atom stereocenters. The summed E-state index contributed by atoms with van der Waals surface area (Å²) in [4.78, 5) is 229. The molecule has 0 bridgehead atoms. The molecule has 0 saturated carbocycles. The third kappa shape index (κ3) is 61.8. The molecule has 27 heteroatoms. The summed E-state index contributed by atoms with van der Waals surface area (Å²) in [6, 6.07) is 3.40. The molecular weight excluding hydrogens is 1780 g/mol. The second-order valence-electron chi connectivity index (χ2n) is 44.9. The van der Waals surface area contributed by atoms with Crippen molar-refractivity contribution in [2.24, 2.45) is 101 Å². The number of hydrogen-bond acceptors (Lipinski definition) is 23. The predicted molar refractivity (Wildman–Crippen MR) is 572 cm³/mol. The van der Waals surface area contributed by atoms with Crippen LogP contribution in [0.3, 0.4) is 0 Å². The fourth-order valence-corrected chi connectivity index (χ4v) is 14.4. The maximum Gasteiger partial charge on any atom is 0.225 e. The highest BCUT2D eigenvalue weighted by atomic mass is 16.2. The minimum Gasteiger partial charge on any atom is -0.346 e. The summed E-state index contributed by atoms with van der Waals surface area (Å²) in [6.07, 6.45) is 5.49. The summed E-state index contributed by atoms with van der Waals surface area (Å²) in [6.45, 7) is 82.1. The van der Waals surface area contributed by atoms with Crippen molar-refractivity contribution in [2.45, 2.75) is 421 Å². The van der Waals surface area contributed by atoms with Gasteiger partial charge < -0.3 is 36.8 Å². The normalized spacial score (nSPS) is 13.0. The molecule has 6 N–H and O–H groups in total. The Kier molecular flexibility index (Phi) is 72.3. The highest BCUT2D eigenvalue weighted by Gasteiger charge is 2.35. The number of amides is 4. The van der Waals surface area contributed by atoms with Crippen molar-refractivity contribution in [1.82, 2.24) is 46.6 Å². The number of unbranched alkanes of at least 4 members (excludes halogenated alkanes) is 1. The Labute approximate surface area is 854 Å². The number of benzene rings is 1. The van der Waals surface area contributed by atoms with Crippen molar-refractivity contribution in [3.8, 4) is 0 Å². The molecular formula is C114H201N9O18. The van der Waals surface area contributed by atoms with Crippen LogP contribution < -0.4 is 31.9 Å². The zero-order chi connectivity index (χ0) is 110. The predicted octanol–water partition coefficient (Wildman–Crippen LogP) is 18.0. The topological polar surface area (TPSA) is 389 Å². The number of allylic oxidation sites excluding steroid dienone is 1. The molecule has 0 aromatic heterocycles. The van der Waals surface area contributed by atoms with E-state index in [0.717, 1.165) is 42.5 Å². The van der Waals surface area contributed by atoms with E-state index in [1.54, 1.807) is 79.0 Å². The number of ketones is 14. The summed E-state index contributed by atoms with van der Waals surface area (Å²) in [7, 11) is 0. The molecule has 4 amide bonds. The fraction of sp³-hybridized carbons (Fsp3) is 0.772. The molecule has 1 aromatic rings. The van der Waals surface area contributed by atoms with E-state index in [4.69, 9.17) is 0 Å². The third-order valence-electron chi connectivity index (χ3n) is 24.1.